The van der Waals surface area contributed by atoms with Crippen LogP contribution in [0.3, 0.4) is 0 Å². The molecule has 2 aromatic rings. The van der Waals surface area contributed by atoms with Gasteiger partial charge in [0.05, 0.1) is 11.5 Å². The van der Waals surface area contributed by atoms with Crippen molar-refractivity contribution in [1.29, 1.82) is 0 Å². The monoisotopic (exact) mass is 328 g/mol. The van der Waals surface area contributed by atoms with E-state index in [4.69, 9.17) is 0 Å². The highest BCUT2D eigenvalue weighted by Crippen LogP contribution is 2.21. The number of nitro groups is 2. The summed E-state index contributed by atoms with van der Waals surface area (Å²) in [5.74, 6) is -0.990. The first-order valence-electron chi connectivity index (χ1n) is 5.95. The maximum Gasteiger partial charge on any atom is 0.385 e. The Kier molecular flexibility index (Phi) is 4.30. The normalized spacial score (nSPS) is 11.0. The smallest absolute Gasteiger partial charge is 0.358 e. The fourth-order valence-corrected chi connectivity index (χ4v) is 3.26. The molecule has 0 aliphatic rings. The highest BCUT2D eigenvalue weighted by molar-refractivity contribution is 7.83. The van der Waals surface area contributed by atoms with E-state index in [0.29, 0.717) is 0 Å². The van der Waals surface area contributed by atoms with E-state index in [-0.39, 0.29) is 34.5 Å². The molecule has 0 unspecified atom stereocenters. The molecule has 0 aliphatic heterocycles. The maximum atomic E-state index is 12.2. The lowest BCUT2D eigenvalue weighted by molar-refractivity contribution is -0.390. The highest BCUT2D eigenvalue weighted by Gasteiger charge is 2.25. The SMILES string of the molecule is Cn1cnc([N+](=O)[O-])c1CS(=O)Cc1c([N+](=O)[O-])ncn1C. The number of nitrogens with zero attached hydrogens (tertiary/aromatic N) is 6. The molecule has 11 nitrogen and oxygen atoms in total. The van der Waals surface area contributed by atoms with Crippen LogP contribution in [0.2, 0.25) is 0 Å². The molecule has 0 N–H and O–H groups in total. The first kappa shape index (κ1) is 15.8. The fraction of sp³-hybridized carbons (Fsp3) is 0.400. The molecule has 0 aromatic carbocycles. The van der Waals surface area contributed by atoms with E-state index in [2.05, 4.69) is 9.97 Å². The molecule has 0 bridgehead atoms. The number of hydrogen-bond donors (Lipinski definition) is 0. The van der Waals surface area contributed by atoms with E-state index in [0.717, 1.165) is 0 Å². The van der Waals surface area contributed by atoms with Gasteiger partial charge in [0, 0.05) is 24.9 Å². The third-order valence-electron chi connectivity index (χ3n) is 3.02. The Labute approximate surface area is 126 Å². The summed E-state index contributed by atoms with van der Waals surface area (Å²) in [6, 6.07) is 0. The van der Waals surface area contributed by atoms with Crippen molar-refractivity contribution in [3.63, 3.8) is 0 Å². The van der Waals surface area contributed by atoms with Crippen LogP contribution in [0.25, 0.3) is 0 Å². The van der Waals surface area contributed by atoms with Crippen LogP contribution in [0.4, 0.5) is 11.6 Å². The van der Waals surface area contributed by atoms with Gasteiger partial charge in [0.25, 0.3) is 0 Å². The third kappa shape index (κ3) is 3.00. The lowest BCUT2D eigenvalue weighted by Gasteiger charge is -2.04. The predicted molar refractivity (Wildman–Crippen MR) is 75.3 cm³/mol. The molecule has 22 heavy (non-hydrogen) atoms. The Bertz CT molecular complexity index is 704. The van der Waals surface area contributed by atoms with Crippen LogP contribution in [0.1, 0.15) is 11.4 Å². The van der Waals surface area contributed by atoms with Crippen molar-refractivity contribution in [2.75, 3.05) is 0 Å². The van der Waals surface area contributed by atoms with Gasteiger partial charge in [-0.2, -0.15) is 0 Å². The minimum absolute atomic E-state index is 0.130. The minimum atomic E-state index is -1.58. The van der Waals surface area contributed by atoms with Crippen LogP contribution >= 0.6 is 0 Å². The molecule has 0 fully saturated rings. The predicted octanol–water partition coefficient (Wildman–Crippen LogP) is 0.419. The van der Waals surface area contributed by atoms with E-state index in [1.165, 1.54) is 21.8 Å². The molecular formula is C10H12N6O5S. The van der Waals surface area contributed by atoms with Gasteiger partial charge < -0.3 is 29.4 Å². The summed E-state index contributed by atoms with van der Waals surface area (Å²) in [7, 11) is 1.53. The Hall–Kier alpha value is -2.63. The lowest BCUT2D eigenvalue weighted by Crippen LogP contribution is -2.09. The number of aryl methyl sites for hydroxylation is 2. The number of rotatable bonds is 6. The Morgan fingerprint density at radius 3 is 1.68 bits per heavy atom. The summed E-state index contributed by atoms with van der Waals surface area (Å²) in [4.78, 5) is 27.7. The summed E-state index contributed by atoms with van der Waals surface area (Å²) in [5, 5.41) is 21.7. The van der Waals surface area contributed by atoms with Crippen molar-refractivity contribution >= 4 is 22.4 Å². The molecule has 2 aromatic heterocycles. The van der Waals surface area contributed by atoms with Crippen molar-refractivity contribution < 1.29 is 14.1 Å². The second-order valence-electron chi connectivity index (χ2n) is 4.49. The zero-order chi connectivity index (χ0) is 16.4. The largest absolute Gasteiger partial charge is 0.385 e. The molecule has 2 heterocycles. The molecule has 0 saturated carbocycles. The molecule has 118 valence electrons. The molecule has 0 spiro atoms. The quantitative estimate of drug-likeness (QED) is 0.553. The maximum absolute atomic E-state index is 12.2. The molecule has 0 amide bonds. The summed E-state index contributed by atoms with van der Waals surface area (Å²) in [6.07, 6.45) is 2.52. The van der Waals surface area contributed by atoms with Gasteiger partial charge in [-0.3, -0.25) is 4.21 Å². The zero-order valence-electron chi connectivity index (χ0n) is 11.7. The topological polar surface area (TPSA) is 139 Å². The van der Waals surface area contributed by atoms with E-state index in [9.17, 15) is 24.4 Å². The second kappa shape index (κ2) is 6.01. The van der Waals surface area contributed by atoms with Gasteiger partial charge in [-0.05, 0) is 19.8 Å². The van der Waals surface area contributed by atoms with Gasteiger partial charge in [0.15, 0.2) is 0 Å². The second-order valence-corrected chi connectivity index (χ2v) is 5.95. The molecule has 0 atom stereocenters. The fourth-order valence-electron chi connectivity index (χ4n) is 1.88. The summed E-state index contributed by atoms with van der Waals surface area (Å²) in [6.45, 7) is 0. The Morgan fingerprint density at radius 2 is 1.36 bits per heavy atom. The molecule has 12 heteroatoms. The minimum Gasteiger partial charge on any atom is -0.358 e. The Morgan fingerprint density at radius 1 is 1.00 bits per heavy atom. The van der Waals surface area contributed by atoms with E-state index < -0.39 is 20.6 Å². The van der Waals surface area contributed by atoms with Crippen molar-refractivity contribution in [3.8, 4) is 0 Å². The number of aromatic nitrogens is 4. The van der Waals surface area contributed by atoms with Crippen LogP contribution in [0, 0.1) is 20.2 Å². The lowest BCUT2D eigenvalue weighted by atomic mass is 10.5. The molecular weight excluding hydrogens is 316 g/mol. The van der Waals surface area contributed by atoms with Gasteiger partial charge in [-0.25, -0.2) is 0 Å². The standard InChI is InChI=1S/C10H12N6O5S/c1-13-5-11-9(15(17)18)7(13)3-22(21)4-8-10(16(19)20)12-6-14(8)2/h5-6H,3-4H2,1-2H3. The summed E-state index contributed by atoms with van der Waals surface area (Å²) in [5.41, 5.74) is 0.404. The van der Waals surface area contributed by atoms with Gasteiger partial charge >= 0.3 is 11.6 Å². The average Bonchev–Trinajstić information content (AvgIpc) is 2.95. The average molecular weight is 328 g/mol. The molecule has 0 aliphatic carbocycles. The van der Waals surface area contributed by atoms with Crippen LogP contribution in [0.5, 0.6) is 0 Å². The van der Waals surface area contributed by atoms with E-state index in [1.54, 1.807) is 14.1 Å². The number of imidazole rings is 2. The summed E-state index contributed by atoms with van der Waals surface area (Å²) < 4.78 is 15.0. The van der Waals surface area contributed by atoms with Crippen LogP contribution in [-0.2, 0) is 36.4 Å². The van der Waals surface area contributed by atoms with Crippen molar-refractivity contribution in [3.05, 3.63) is 44.3 Å². The third-order valence-corrected chi connectivity index (χ3v) is 4.21. The number of hydrogen-bond acceptors (Lipinski definition) is 7. The molecule has 2 rings (SSSR count). The van der Waals surface area contributed by atoms with Gasteiger partial charge in [0.1, 0.15) is 11.4 Å². The first-order chi connectivity index (χ1) is 10.3. The Balaban J connectivity index is 2.22. The first-order valence-corrected chi connectivity index (χ1v) is 7.44. The molecule has 0 radical (unpaired) electrons. The van der Waals surface area contributed by atoms with Crippen molar-refractivity contribution in [2.45, 2.75) is 11.5 Å². The van der Waals surface area contributed by atoms with E-state index in [1.807, 2.05) is 0 Å². The van der Waals surface area contributed by atoms with Crippen molar-refractivity contribution in [1.82, 2.24) is 19.1 Å². The van der Waals surface area contributed by atoms with Gasteiger partial charge in [0.2, 0.25) is 12.7 Å². The van der Waals surface area contributed by atoms with Crippen LogP contribution < -0.4 is 0 Å². The van der Waals surface area contributed by atoms with Crippen LogP contribution in [0.15, 0.2) is 12.7 Å². The van der Waals surface area contributed by atoms with Gasteiger partial charge in [-0.1, -0.05) is 0 Å². The summed E-state index contributed by atoms with van der Waals surface area (Å²) >= 11 is 0. The highest BCUT2D eigenvalue weighted by atomic mass is 32.2. The zero-order valence-corrected chi connectivity index (χ0v) is 12.5. The van der Waals surface area contributed by atoms with E-state index >= 15 is 0 Å². The van der Waals surface area contributed by atoms with Crippen LogP contribution in [-0.4, -0.2) is 33.2 Å². The molecule has 0 saturated heterocycles. The van der Waals surface area contributed by atoms with Crippen molar-refractivity contribution in [2.24, 2.45) is 14.1 Å². The van der Waals surface area contributed by atoms with Gasteiger partial charge in [-0.15, -0.1) is 0 Å².